The summed E-state index contributed by atoms with van der Waals surface area (Å²) in [5.41, 5.74) is 1.53. The smallest absolute Gasteiger partial charge is 0.399 e. The first-order valence-electron chi connectivity index (χ1n) is 4.76. The molecule has 0 N–H and O–H groups in total. The van der Waals surface area contributed by atoms with Crippen molar-refractivity contribution in [3.8, 4) is 0 Å². The summed E-state index contributed by atoms with van der Waals surface area (Å²) in [4.78, 5) is 11.1. The topological polar surface area (TPSA) is 26.3 Å². The maximum atomic E-state index is 12.4. The molecule has 1 rings (SSSR count). The van der Waals surface area contributed by atoms with Gasteiger partial charge in [0.2, 0.25) is 0 Å². The zero-order valence-corrected chi connectivity index (χ0v) is 10.3. The fourth-order valence-electron chi connectivity index (χ4n) is 1.14. The van der Waals surface area contributed by atoms with Gasteiger partial charge in [-0.1, -0.05) is 40.2 Å². The van der Waals surface area contributed by atoms with E-state index in [9.17, 15) is 18.0 Å². The molecule has 0 aliphatic rings. The van der Waals surface area contributed by atoms with Crippen LogP contribution in [-0.4, -0.2) is 18.8 Å². The zero-order chi connectivity index (χ0) is 12.9. The van der Waals surface area contributed by atoms with Gasteiger partial charge in [-0.2, -0.15) is 8.78 Å². The van der Waals surface area contributed by atoms with Gasteiger partial charge in [0.1, 0.15) is 0 Å². The van der Waals surface area contributed by atoms with E-state index in [-0.39, 0.29) is 6.42 Å². The molecule has 0 amide bonds. The molecule has 0 bridgehead atoms. The van der Waals surface area contributed by atoms with E-state index in [1.165, 1.54) is 0 Å². The fraction of sp³-hybridized carbons (Fsp3) is 0.364. The summed E-state index contributed by atoms with van der Waals surface area (Å²) in [6.45, 7) is -2.01. The Balaban J connectivity index is 2.56. The van der Waals surface area contributed by atoms with Crippen LogP contribution in [0.3, 0.4) is 0 Å². The number of esters is 1. The third-order valence-electron chi connectivity index (χ3n) is 1.94. The summed E-state index contributed by atoms with van der Waals surface area (Å²) in [5, 5.41) is 0.664. The van der Waals surface area contributed by atoms with E-state index in [2.05, 4.69) is 20.7 Å². The van der Waals surface area contributed by atoms with Gasteiger partial charge in [0.25, 0.3) is 0 Å². The van der Waals surface area contributed by atoms with E-state index in [1.54, 1.807) is 24.3 Å². The molecule has 0 aromatic heterocycles. The van der Waals surface area contributed by atoms with Gasteiger partial charge in [0, 0.05) is 5.33 Å². The lowest BCUT2D eigenvalue weighted by Crippen LogP contribution is -2.28. The van der Waals surface area contributed by atoms with E-state index < -0.39 is 18.8 Å². The quantitative estimate of drug-likeness (QED) is 0.616. The maximum absolute atomic E-state index is 12.4. The highest BCUT2D eigenvalue weighted by atomic mass is 79.9. The molecule has 0 spiro atoms. The highest BCUT2D eigenvalue weighted by molar-refractivity contribution is 9.08. The van der Waals surface area contributed by atoms with E-state index >= 15 is 0 Å². The molecule has 0 atom stereocenters. The average molecular weight is 311 g/mol. The number of hydrogen-bond donors (Lipinski definition) is 0. The van der Waals surface area contributed by atoms with E-state index in [0.717, 1.165) is 5.56 Å². The molecule has 1 aromatic carbocycles. The monoisotopic (exact) mass is 310 g/mol. The number of hydrogen-bond acceptors (Lipinski definition) is 2. The third-order valence-corrected chi connectivity index (χ3v) is 2.59. The first-order valence-corrected chi connectivity index (χ1v) is 5.88. The fourth-order valence-corrected chi connectivity index (χ4v) is 1.52. The maximum Gasteiger partial charge on any atom is 0.429 e. The van der Waals surface area contributed by atoms with Gasteiger partial charge >= 0.3 is 12.1 Å². The van der Waals surface area contributed by atoms with Crippen LogP contribution in [-0.2, 0) is 21.3 Å². The van der Waals surface area contributed by atoms with Crippen LogP contribution in [0, 0.1) is 0 Å². The molecule has 0 saturated heterocycles. The summed E-state index contributed by atoms with van der Waals surface area (Å²) in [6.07, 6.45) is -4.34. The Bertz CT molecular complexity index is 379. The third kappa shape index (κ3) is 4.77. The molecule has 0 unspecified atom stereocenters. The van der Waals surface area contributed by atoms with Gasteiger partial charge in [0.05, 0.1) is 6.42 Å². The van der Waals surface area contributed by atoms with Crippen molar-refractivity contribution in [2.75, 3.05) is 6.67 Å². The van der Waals surface area contributed by atoms with Crippen molar-refractivity contribution in [1.29, 1.82) is 0 Å². The standard InChI is InChI=1S/C11H10BrF3O2/c12-6-9-3-1-8(2-4-9)5-10(16)17-11(14,15)7-13/h1-4H,5-7H2. The predicted octanol–water partition coefficient (Wildman–Crippen LogP) is 3.23. The summed E-state index contributed by atoms with van der Waals surface area (Å²) >= 11 is 3.25. The summed E-state index contributed by atoms with van der Waals surface area (Å²) < 4.78 is 40.2. The molecule has 0 aliphatic carbocycles. The Morgan fingerprint density at radius 1 is 1.24 bits per heavy atom. The Kier molecular flexibility index (Phi) is 4.99. The van der Waals surface area contributed by atoms with Crippen molar-refractivity contribution < 1.29 is 22.7 Å². The highest BCUT2D eigenvalue weighted by Gasteiger charge is 2.33. The van der Waals surface area contributed by atoms with Gasteiger partial charge in [0.15, 0.2) is 6.67 Å². The van der Waals surface area contributed by atoms with Gasteiger partial charge in [-0.25, -0.2) is 4.39 Å². The molecule has 2 nitrogen and oxygen atoms in total. The number of benzene rings is 1. The molecule has 17 heavy (non-hydrogen) atoms. The summed E-state index contributed by atoms with van der Waals surface area (Å²) in [7, 11) is 0. The van der Waals surface area contributed by atoms with Gasteiger partial charge in [-0.3, -0.25) is 4.79 Å². The number of carbonyl (C=O) groups is 1. The molecule has 0 aliphatic heterocycles. The first-order chi connectivity index (χ1) is 7.96. The van der Waals surface area contributed by atoms with Crippen molar-refractivity contribution in [3.63, 3.8) is 0 Å². The lowest BCUT2D eigenvalue weighted by atomic mass is 10.1. The number of alkyl halides is 4. The highest BCUT2D eigenvalue weighted by Crippen LogP contribution is 2.17. The second-order valence-corrected chi connectivity index (χ2v) is 3.93. The molecule has 0 saturated carbocycles. The molecule has 6 heteroatoms. The first kappa shape index (κ1) is 14.0. The normalized spacial score (nSPS) is 11.3. The molecule has 0 fully saturated rings. The second kappa shape index (κ2) is 6.05. The molecule has 0 radical (unpaired) electrons. The SMILES string of the molecule is O=C(Cc1ccc(CBr)cc1)OC(F)(F)CF. The Morgan fingerprint density at radius 3 is 2.24 bits per heavy atom. The van der Waals surface area contributed by atoms with Crippen LogP contribution in [0.5, 0.6) is 0 Å². The van der Waals surface area contributed by atoms with Crippen LogP contribution >= 0.6 is 15.9 Å². The predicted molar refractivity (Wildman–Crippen MR) is 59.8 cm³/mol. The summed E-state index contributed by atoms with van der Waals surface area (Å²) in [6, 6.07) is 6.77. The van der Waals surface area contributed by atoms with Crippen molar-refractivity contribution in [2.45, 2.75) is 17.9 Å². The minimum atomic E-state index is -4.03. The van der Waals surface area contributed by atoms with Crippen molar-refractivity contribution in [3.05, 3.63) is 35.4 Å². The van der Waals surface area contributed by atoms with Crippen LogP contribution in [0.2, 0.25) is 0 Å². The Labute approximate surface area is 105 Å². The van der Waals surface area contributed by atoms with Gasteiger partial charge in [-0.05, 0) is 11.1 Å². The zero-order valence-electron chi connectivity index (χ0n) is 8.76. The minimum Gasteiger partial charge on any atom is -0.399 e. The van der Waals surface area contributed by atoms with E-state index in [0.29, 0.717) is 10.9 Å². The minimum absolute atomic E-state index is 0.307. The molecule has 94 valence electrons. The van der Waals surface area contributed by atoms with E-state index in [4.69, 9.17) is 0 Å². The number of ether oxygens (including phenoxy) is 1. The van der Waals surface area contributed by atoms with Crippen LogP contribution < -0.4 is 0 Å². The van der Waals surface area contributed by atoms with E-state index in [1.807, 2.05) is 0 Å². The van der Waals surface area contributed by atoms with Crippen LogP contribution in [0.1, 0.15) is 11.1 Å². The molecular formula is C11H10BrF3O2. The van der Waals surface area contributed by atoms with Crippen LogP contribution in [0.4, 0.5) is 13.2 Å². The molecular weight excluding hydrogens is 301 g/mol. The van der Waals surface area contributed by atoms with Crippen LogP contribution in [0.15, 0.2) is 24.3 Å². The second-order valence-electron chi connectivity index (χ2n) is 3.37. The molecule has 1 aromatic rings. The largest absolute Gasteiger partial charge is 0.429 e. The summed E-state index contributed by atoms with van der Waals surface area (Å²) in [5.74, 6) is -1.15. The van der Waals surface area contributed by atoms with Crippen LogP contribution in [0.25, 0.3) is 0 Å². The van der Waals surface area contributed by atoms with Gasteiger partial charge in [-0.15, -0.1) is 0 Å². The lowest BCUT2D eigenvalue weighted by Gasteiger charge is -2.12. The van der Waals surface area contributed by atoms with Crippen molar-refractivity contribution >= 4 is 21.9 Å². The number of carbonyl (C=O) groups excluding carboxylic acids is 1. The Hall–Kier alpha value is -1.04. The average Bonchev–Trinajstić information content (AvgIpc) is 2.29. The molecule has 0 heterocycles. The van der Waals surface area contributed by atoms with Crippen molar-refractivity contribution in [1.82, 2.24) is 0 Å². The number of halogens is 4. The Morgan fingerprint density at radius 2 is 1.76 bits per heavy atom. The lowest BCUT2D eigenvalue weighted by molar-refractivity contribution is -0.237. The number of rotatable bonds is 5. The van der Waals surface area contributed by atoms with Gasteiger partial charge < -0.3 is 4.74 Å². The van der Waals surface area contributed by atoms with Crippen molar-refractivity contribution in [2.24, 2.45) is 0 Å².